The summed E-state index contributed by atoms with van der Waals surface area (Å²) in [6, 6.07) is 2.17. The first-order valence-electron chi connectivity index (χ1n) is 7.35. The number of rotatable bonds is 3. The van der Waals surface area contributed by atoms with E-state index in [1.807, 2.05) is 0 Å². The highest BCUT2D eigenvalue weighted by Crippen LogP contribution is 2.24. The van der Waals surface area contributed by atoms with Gasteiger partial charge in [-0.25, -0.2) is 0 Å². The molecule has 4 unspecified atom stereocenters. The average molecular weight is 240 g/mol. The SMILES string of the molecule is CCC1CN(C2CCOC(C)C2)C(CC)CN1. The summed E-state index contributed by atoms with van der Waals surface area (Å²) in [5, 5.41) is 3.68. The van der Waals surface area contributed by atoms with Crippen molar-refractivity contribution in [3.8, 4) is 0 Å². The summed E-state index contributed by atoms with van der Waals surface area (Å²) in [5.41, 5.74) is 0. The largest absolute Gasteiger partial charge is 0.378 e. The van der Waals surface area contributed by atoms with Crippen molar-refractivity contribution in [3.05, 3.63) is 0 Å². The van der Waals surface area contributed by atoms with E-state index in [-0.39, 0.29) is 0 Å². The first-order valence-corrected chi connectivity index (χ1v) is 7.35. The molecular formula is C14H28N2O. The molecule has 0 amide bonds. The maximum atomic E-state index is 5.68. The lowest BCUT2D eigenvalue weighted by Gasteiger charge is -2.46. The highest BCUT2D eigenvalue weighted by Gasteiger charge is 2.33. The van der Waals surface area contributed by atoms with Gasteiger partial charge in [0.25, 0.3) is 0 Å². The van der Waals surface area contributed by atoms with Crippen LogP contribution < -0.4 is 5.32 Å². The normalized spacial score (nSPS) is 40.4. The minimum absolute atomic E-state index is 0.446. The van der Waals surface area contributed by atoms with E-state index in [9.17, 15) is 0 Å². The van der Waals surface area contributed by atoms with Gasteiger partial charge in [0, 0.05) is 37.8 Å². The van der Waals surface area contributed by atoms with Gasteiger partial charge >= 0.3 is 0 Å². The zero-order chi connectivity index (χ0) is 12.3. The third-order valence-corrected chi connectivity index (χ3v) is 4.43. The Morgan fingerprint density at radius 2 is 2.12 bits per heavy atom. The second-order valence-electron chi connectivity index (χ2n) is 5.63. The van der Waals surface area contributed by atoms with E-state index in [0.29, 0.717) is 12.1 Å². The minimum atomic E-state index is 0.446. The van der Waals surface area contributed by atoms with Crippen LogP contribution in [0.5, 0.6) is 0 Å². The highest BCUT2D eigenvalue weighted by molar-refractivity contribution is 4.90. The summed E-state index contributed by atoms with van der Waals surface area (Å²) in [4.78, 5) is 2.77. The van der Waals surface area contributed by atoms with Crippen molar-refractivity contribution < 1.29 is 4.74 Å². The first kappa shape index (κ1) is 13.3. The van der Waals surface area contributed by atoms with Crippen molar-refractivity contribution in [1.29, 1.82) is 0 Å². The second-order valence-corrected chi connectivity index (χ2v) is 5.63. The van der Waals surface area contributed by atoms with E-state index in [2.05, 4.69) is 31.0 Å². The van der Waals surface area contributed by atoms with Gasteiger partial charge in [-0.3, -0.25) is 4.90 Å². The van der Waals surface area contributed by atoms with Crippen LogP contribution >= 0.6 is 0 Å². The summed E-state index contributed by atoms with van der Waals surface area (Å²) in [6.45, 7) is 10.2. The van der Waals surface area contributed by atoms with Crippen LogP contribution in [0.4, 0.5) is 0 Å². The fourth-order valence-electron chi connectivity index (χ4n) is 3.26. The Hall–Kier alpha value is -0.120. The third kappa shape index (κ3) is 3.21. The molecule has 0 aromatic rings. The summed E-state index contributed by atoms with van der Waals surface area (Å²) in [5.74, 6) is 0. The molecule has 0 radical (unpaired) electrons. The van der Waals surface area contributed by atoms with Gasteiger partial charge in [0.1, 0.15) is 0 Å². The second kappa shape index (κ2) is 6.17. The van der Waals surface area contributed by atoms with Gasteiger partial charge in [0.2, 0.25) is 0 Å². The zero-order valence-electron chi connectivity index (χ0n) is 11.6. The van der Waals surface area contributed by atoms with Gasteiger partial charge in [-0.05, 0) is 32.6 Å². The van der Waals surface area contributed by atoms with Crippen molar-refractivity contribution in [3.63, 3.8) is 0 Å². The Morgan fingerprint density at radius 1 is 1.29 bits per heavy atom. The Balaban J connectivity index is 1.98. The van der Waals surface area contributed by atoms with Gasteiger partial charge < -0.3 is 10.1 Å². The van der Waals surface area contributed by atoms with Crippen LogP contribution in [0.2, 0.25) is 0 Å². The van der Waals surface area contributed by atoms with Crippen LogP contribution in [-0.2, 0) is 4.74 Å². The molecule has 0 aromatic heterocycles. The molecule has 2 fully saturated rings. The van der Waals surface area contributed by atoms with E-state index in [0.717, 1.165) is 18.7 Å². The Labute approximate surface area is 106 Å². The predicted molar refractivity (Wildman–Crippen MR) is 71.3 cm³/mol. The summed E-state index contributed by atoms with van der Waals surface area (Å²) in [6.07, 6.45) is 5.38. The topological polar surface area (TPSA) is 24.5 Å². The minimum Gasteiger partial charge on any atom is -0.378 e. The van der Waals surface area contributed by atoms with E-state index < -0.39 is 0 Å². The lowest BCUT2D eigenvalue weighted by Crippen LogP contribution is -2.60. The molecular weight excluding hydrogens is 212 g/mol. The van der Waals surface area contributed by atoms with Gasteiger partial charge in [-0.1, -0.05) is 13.8 Å². The molecule has 1 N–H and O–H groups in total. The number of hydrogen-bond acceptors (Lipinski definition) is 3. The molecule has 2 aliphatic rings. The molecule has 100 valence electrons. The van der Waals surface area contributed by atoms with E-state index >= 15 is 0 Å². The lowest BCUT2D eigenvalue weighted by molar-refractivity contribution is -0.0383. The molecule has 17 heavy (non-hydrogen) atoms. The summed E-state index contributed by atoms with van der Waals surface area (Å²) >= 11 is 0. The molecule has 2 rings (SSSR count). The van der Waals surface area contributed by atoms with Crippen LogP contribution in [0.1, 0.15) is 46.5 Å². The first-order chi connectivity index (χ1) is 8.24. The molecule has 2 heterocycles. The Morgan fingerprint density at radius 3 is 2.76 bits per heavy atom. The van der Waals surface area contributed by atoms with E-state index in [1.165, 1.54) is 38.8 Å². The Bertz CT molecular complexity index is 234. The molecule has 3 heteroatoms. The van der Waals surface area contributed by atoms with Gasteiger partial charge in [0.05, 0.1) is 6.10 Å². The fraction of sp³-hybridized carbons (Fsp3) is 1.00. The molecule has 2 aliphatic heterocycles. The number of hydrogen-bond donors (Lipinski definition) is 1. The molecule has 4 atom stereocenters. The van der Waals surface area contributed by atoms with Crippen molar-refractivity contribution >= 4 is 0 Å². The maximum Gasteiger partial charge on any atom is 0.0561 e. The van der Waals surface area contributed by atoms with Gasteiger partial charge in [0.15, 0.2) is 0 Å². The molecule has 3 nitrogen and oxygen atoms in total. The molecule has 0 aliphatic carbocycles. The van der Waals surface area contributed by atoms with Crippen molar-refractivity contribution in [2.75, 3.05) is 19.7 Å². The molecule has 0 spiro atoms. The van der Waals surface area contributed by atoms with E-state index in [1.54, 1.807) is 0 Å². The fourth-order valence-corrected chi connectivity index (χ4v) is 3.26. The van der Waals surface area contributed by atoms with Crippen molar-refractivity contribution in [2.45, 2.75) is 70.7 Å². The quantitative estimate of drug-likeness (QED) is 0.817. The zero-order valence-corrected chi connectivity index (χ0v) is 11.6. The van der Waals surface area contributed by atoms with Gasteiger partial charge in [-0.15, -0.1) is 0 Å². The monoisotopic (exact) mass is 240 g/mol. The number of nitrogens with one attached hydrogen (secondary N) is 1. The highest BCUT2D eigenvalue weighted by atomic mass is 16.5. The van der Waals surface area contributed by atoms with Crippen molar-refractivity contribution in [2.24, 2.45) is 0 Å². The average Bonchev–Trinajstić information content (AvgIpc) is 2.38. The van der Waals surface area contributed by atoms with E-state index in [4.69, 9.17) is 4.74 Å². The van der Waals surface area contributed by atoms with Gasteiger partial charge in [-0.2, -0.15) is 0 Å². The van der Waals surface area contributed by atoms with Crippen LogP contribution in [-0.4, -0.2) is 48.8 Å². The van der Waals surface area contributed by atoms with Crippen LogP contribution in [0, 0.1) is 0 Å². The number of ether oxygens (including phenoxy) is 1. The summed E-state index contributed by atoms with van der Waals surface area (Å²) < 4.78 is 5.68. The third-order valence-electron chi connectivity index (χ3n) is 4.43. The van der Waals surface area contributed by atoms with Crippen LogP contribution in [0.15, 0.2) is 0 Å². The molecule has 0 aromatic carbocycles. The molecule has 0 saturated carbocycles. The van der Waals surface area contributed by atoms with Crippen LogP contribution in [0.3, 0.4) is 0 Å². The number of piperazine rings is 1. The smallest absolute Gasteiger partial charge is 0.0561 e. The maximum absolute atomic E-state index is 5.68. The van der Waals surface area contributed by atoms with Crippen LogP contribution in [0.25, 0.3) is 0 Å². The molecule has 0 bridgehead atoms. The Kier molecular flexibility index (Phi) is 4.83. The standard InChI is InChI=1S/C14H28N2O/c1-4-12-10-16(13(5-2)9-15-12)14-6-7-17-11(3)8-14/h11-15H,4-10H2,1-3H3. The number of nitrogens with zero attached hydrogens (tertiary/aromatic N) is 1. The predicted octanol–water partition coefficient (Wildman–Crippen LogP) is 2.02. The summed E-state index contributed by atoms with van der Waals surface area (Å²) in [7, 11) is 0. The lowest BCUT2D eigenvalue weighted by atomic mass is 9.96. The van der Waals surface area contributed by atoms with Crippen molar-refractivity contribution in [1.82, 2.24) is 10.2 Å². The molecule has 2 saturated heterocycles.